The summed E-state index contributed by atoms with van der Waals surface area (Å²) in [4.78, 5) is 12.0. The molecule has 6 nitrogen and oxygen atoms in total. The fourth-order valence-electron chi connectivity index (χ4n) is 1.46. The summed E-state index contributed by atoms with van der Waals surface area (Å²) in [6.07, 6.45) is 0.994. The summed E-state index contributed by atoms with van der Waals surface area (Å²) in [5, 5.41) is 8.57. The normalized spacial score (nSPS) is 19.1. The maximum atomic E-state index is 11.6. The standard InChI is InChI=1S/C8H16N2O4S/c11-6-1-7-15(13,14)10-4-2-9(8-12)3-5-10/h8,11H,1-7H2. The fraction of sp³-hybridized carbons (Fsp3) is 0.875. The Kier molecular flexibility index (Phi) is 4.49. The van der Waals surface area contributed by atoms with E-state index in [1.165, 1.54) is 4.31 Å². The van der Waals surface area contributed by atoms with Gasteiger partial charge >= 0.3 is 0 Å². The zero-order valence-electron chi connectivity index (χ0n) is 8.50. The lowest BCUT2D eigenvalue weighted by molar-refractivity contribution is -0.119. The number of hydrogen-bond acceptors (Lipinski definition) is 4. The molecule has 0 aromatic carbocycles. The van der Waals surface area contributed by atoms with Crippen LogP contribution in [0.3, 0.4) is 0 Å². The van der Waals surface area contributed by atoms with Crippen LogP contribution in [0.5, 0.6) is 0 Å². The van der Waals surface area contributed by atoms with Crippen LogP contribution in [0.2, 0.25) is 0 Å². The number of aliphatic hydroxyl groups is 1. The van der Waals surface area contributed by atoms with E-state index < -0.39 is 10.0 Å². The summed E-state index contributed by atoms with van der Waals surface area (Å²) in [6.45, 7) is 1.48. The van der Waals surface area contributed by atoms with Crippen LogP contribution < -0.4 is 0 Å². The molecule has 88 valence electrons. The number of amides is 1. The highest BCUT2D eigenvalue weighted by Crippen LogP contribution is 2.07. The molecule has 1 aliphatic heterocycles. The van der Waals surface area contributed by atoms with Crippen molar-refractivity contribution < 1.29 is 18.3 Å². The molecular formula is C8H16N2O4S. The maximum absolute atomic E-state index is 11.6. The summed E-state index contributed by atoms with van der Waals surface area (Å²) in [5.74, 6) is -0.0232. The van der Waals surface area contributed by atoms with E-state index in [1.54, 1.807) is 4.90 Å². The molecule has 0 bridgehead atoms. The van der Waals surface area contributed by atoms with E-state index in [0.717, 1.165) is 6.41 Å². The Morgan fingerprint density at radius 2 is 1.80 bits per heavy atom. The molecule has 1 aliphatic rings. The van der Waals surface area contributed by atoms with Gasteiger partial charge in [0.15, 0.2) is 0 Å². The first-order chi connectivity index (χ1) is 7.10. The molecule has 0 unspecified atom stereocenters. The summed E-state index contributed by atoms with van der Waals surface area (Å²) in [6, 6.07) is 0. The lowest BCUT2D eigenvalue weighted by Crippen LogP contribution is -2.48. The quantitative estimate of drug-likeness (QED) is 0.588. The van der Waals surface area contributed by atoms with Gasteiger partial charge in [0.25, 0.3) is 0 Å². The van der Waals surface area contributed by atoms with Crippen LogP contribution >= 0.6 is 0 Å². The molecule has 0 aromatic rings. The number of rotatable bonds is 5. The summed E-state index contributed by atoms with van der Waals surface area (Å²) >= 11 is 0. The molecule has 0 atom stereocenters. The fourth-order valence-corrected chi connectivity index (χ4v) is 2.93. The molecule has 1 rings (SSSR count). The Morgan fingerprint density at radius 1 is 1.20 bits per heavy atom. The lowest BCUT2D eigenvalue weighted by atomic mass is 10.4. The molecule has 1 fully saturated rings. The minimum absolute atomic E-state index is 0.0232. The van der Waals surface area contributed by atoms with E-state index in [4.69, 9.17) is 5.11 Å². The van der Waals surface area contributed by atoms with Gasteiger partial charge in [-0.1, -0.05) is 0 Å². The highest BCUT2D eigenvalue weighted by molar-refractivity contribution is 7.89. The average molecular weight is 236 g/mol. The SMILES string of the molecule is O=CN1CCN(S(=O)(=O)CCCO)CC1. The van der Waals surface area contributed by atoms with Gasteiger partial charge < -0.3 is 10.0 Å². The van der Waals surface area contributed by atoms with Gasteiger partial charge in [-0.2, -0.15) is 4.31 Å². The van der Waals surface area contributed by atoms with Crippen LogP contribution in [0.1, 0.15) is 6.42 Å². The summed E-state index contributed by atoms with van der Waals surface area (Å²) in [7, 11) is -3.25. The van der Waals surface area contributed by atoms with E-state index in [2.05, 4.69) is 0 Å². The molecule has 0 radical (unpaired) electrons. The first kappa shape index (κ1) is 12.4. The van der Waals surface area contributed by atoms with Crippen molar-refractivity contribution in [1.29, 1.82) is 0 Å². The second-order valence-corrected chi connectivity index (χ2v) is 5.52. The van der Waals surface area contributed by atoms with Crippen LogP contribution in [0.25, 0.3) is 0 Å². The molecule has 1 amide bonds. The topological polar surface area (TPSA) is 77.9 Å². The number of piperazine rings is 1. The molecule has 0 saturated carbocycles. The first-order valence-corrected chi connectivity index (χ1v) is 6.49. The van der Waals surface area contributed by atoms with Crippen LogP contribution in [0.4, 0.5) is 0 Å². The van der Waals surface area contributed by atoms with Crippen molar-refractivity contribution in [3.63, 3.8) is 0 Å². The Hall–Kier alpha value is -0.660. The number of carbonyl (C=O) groups excluding carboxylic acids is 1. The molecule has 1 N–H and O–H groups in total. The number of sulfonamides is 1. The molecule has 1 heterocycles. The molecule has 15 heavy (non-hydrogen) atoms. The third kappa shape index (κ3) is 3.44. The zero-order chi connectivity index (χ0) is 11.3. The first-order valence-electron chi connectivity index (χ1n) is 4.88. The summed E-state index contributed by atoms with van der Waals surface area (Å²) < 4.78 is 24.7. The predicted molar refractivity (Wildman–Crippen MR) is 54.7 cm³/mol. The van der Waals surface area contributed by atoms with Gasteiger partial charge in [0.1, 0.15) is 0 Å². The van der Waals surface area contributed by atoms with Crippen LogP contribution in [0.15, 0.2) is 0 Å². The van der Waals surface area contributed by atoms with Crippen molar-refractivity contribution in [3.05, 3.63) is 0 Å². The van der Waals surface area contributed by atoms with E-state index in [9.17, 15) is 13.2 Å². The number of hydrogen-bond donors (Lipinski definition) is 1. The largest absolute Gasteiger partial charge is 0.396 e. The number of aliphatic hydroxyl groups excluding tert-OH is 1. The summed E-state index contributed by atoms with van der Waals surface area (Å²) in [5.41, 5.74) is 0. The smallest absolute Gasteiger partial charge is 0.214 e. The third-order valence-corrected chi connectivity index (χ3v) is 4.33. The monoisotopic (exact) mass is 236 g/mol. The van der Waals surface area contributed by atoms with E-state index >= 15 is 0 Å². The Balaban J connectivity index is 2.48. The zero-order valence-corrected chi connectivity index (χ0v) is 9.32. The van der Waals surface area contributed by atoms with Crippen LogP contribution in [-0.2, 0) is 14.8 Å². The minimum atomic E-state index is -3.25. The predicted octanol–water partition coefficient (Wildman–Crippen LogP) is -1.53. The van der Waals surface area contributed by atoms with Crippen molar-refractivity contribution in [2.45, 2.75) is 6.42 Å². The Labute approximate surface area is 89.5 Å². The number of nitrogens with zero attached hydrogens (tertiary/aromatic N) is 2. The van der Waals surface area contributed by atoms with Crippen molar-refractivity contribution in [2.24, 2.45) is 0 Å². The second-order valence-electron chi connectivity index (χ2n) is 3.43. The number of carbonyl (C=O) groups is 1. The highest BCUT2D eigenvalue weighted by Gasteiger charge is 2.25. The Bertz CT molecular complexity index is 296. The Morgan fingerprint density at radius 3 is 2.27 bits per heavy atom. The van der Waals surface area contributed by atoms with Gasteiger partial charge in [-0.25, -0.2) is 8.42 Å². The van der Waals surface area contributed by atoms with Gasteiger partial charge in [-0.05, 0) is 6.42 Å². The molecular weight excluding hydrogens is 220 g/mol. The third-order valence-electron chi connectivity index (χ3n) is 2.38. The van der Waals surface area contributed by atoms with Crippen LogP contribution in [0, 0.1) is 0 Å². The molecule has 0 aromatic heterocycles. The van der Waals surface area contributed by atoms with Crippen molar-refractivity contribution >= 4 is 16.4 Å². The highest BCUT2D eigenvalue weighted by atomic mass is 32.2. The van der Waals surface area contributed by atoms with E-state index in [-0.39, 0.29) is 18.8 Å². The van der Waals surface area contributed by atoms with Crippen molar-refractivity contribution in [1.82, 2.24) is 9.21 Å². The van der Waals surface area contributed by atoms with Gasteiger partial charge in [0.2, 0.25) is 16.4 Å². The lowest BCUT2D eigenvalue weighted by Gasteiger charge is -2.31. The maximum Gasteiger partial charge on any atom is 0.214 e. The van der Waals surface area contributed by atoms with Crippen molar-refractivity contribution in [2.75, 3.05) is 38.5 Å². The average Bonchev–Trinajstić information content (AvgIpc) is 2.26. The van der Waals surface area contributed by atoms with Gasteiger partial charge in [0.05, 0.1) is 5.75 Å². The van der Waals surface area contributed by atoms with Crippen molar-refractivity contribution in [3.8, 4) is 0 Å². The molecule has 0 spiro atoms. The minimum Gasteiger partial charge on any atom is -0.396 e. The van der Waals surface area contributed by atoms with Gasteiger partial charge in [-0.15, -0.1) is 0 Å². The van der Waals surface area contributed by atoms with E-state index in [1.807, 2.05) is 0 Å². The van der Waals surface area contributed by atoms with Gasteiger partial charge in [-0.3, -0.25) is 4.79 Å². The van der Waals surface area contributed by atoms with Gasteiger partial charge in [0, 0.05) is 32.8 Å². The van der Waals surface area contributed by atoms with Crippen LogP contribution in [-0.4, -0.2) is 67.7 Å². The molecule has 0 aliphatic carbocycles. The molecule has 7 heteroatoms. The second kappa shape index (κ2) is 5.43. The molecule has 1 saturated heterocycles. The van der Waals surface area contributed by atoms with E-state index in [0.29, 0.717) is 26.2 Å².